The van der Waals surface area contributed by atoms with E-state index in [4.69, 9.17) is 14.7 Å². The maximum atomic E-state index is 12.9. The number of carboxylic acids is 1. The van der Waals surface area contributed by atoms with Crippen LogP contribution in [-0.4, -0.2) is 75.1 Å². The maximum absolute atomic E-state index is 12.9. The van der Waals surface area contributed by atoms with Gasteiger partial charge in [0.25, 0.3) is 0 Å². The Hall–Kier alpha value is -3.76. The Kier molecular flexibility index (Phi) is 10.2. The molecule has 0 unspecified atom stereocenters. The number of aliphatic hydroxyl groups is 1. The zero-order valence-electron chi connectivity index (χ0n) is 32.2. The third kappa shape index (κ3) is 8.17. The van der Waals surface area contributed by atoms with E-state index in [1.807, 2.05) is 60.7 Å². The van der Waals surface area contributed by atoms with E-state index in [9.17, 15) is 15.0 Å². The van der Waals surface area contributed by atoms with Gasteiger partial charge in [-0.05, 0) is 115 Å². The molecule has 6 rings (SSSR count). The Bertz CT molecular complexity index is 1740. The van der Waals surface area contributed by atoms with Gasteiger partial charge in [-0.1, -0.05) is 32.0 Å². The first kappa shape index (κ1) is 37.0. The molecule has 3 aliphatic heterocycles. The zero-order valence-corrected chi connectivity index (χ0v) is 32.2. The first-order valence-corrected chi connectivity index (χ1v) is 18.7. The second kappa shape index (κ2) is 14.0. The summed E-state index contributed by atoms with van der Waals surface area (Å²) < 4.78 is 6.28. The minimum atomic E-state index is -1.14. The number of fused-ring (bicyclic) bond motifs is 1. The molecule has 0 bridgehead atoms. The molecule has 0 aliphatic carbocycles. The lowest BCUT2D eigenvalue weighted by Gasteiger charge is -2.41. The van der Waals surface area contributed by atoms with E-state index in [1.54, 1.807) is 0 Å². The maximum Gasteiger partial charge on any atom is 0.337 e. The Morgan fingerprint density at radius 2 is 1.59 bits per heavy atom. The van der Waals surface area contributed by atoms with Gasteiger partial charge in [-0.25, -0.2) is 9.78 Å². The van der Waals surface area contributed by atoms with Crippen molar-refractivity contribution in [2.45, 2.75) is 118 Å². The summed E-state index contributed by atoms with van der Waals surface area (Å²) >= 11 is 0. The van der Waals surface area contributed by atoms with Gasteiger partial charge in [0.1, 0.15) is 5.82 Å². The van der Waals surface area contributed by atoms with Crippen LogP contribution in [-0.2, 0) is 22.5 Å². The van der Waals surface area contributed by atoms with Gasteiger partial charge in [-0.15, -0.1) is 0 Å². The van der Waals surface area contributed by atoms with Crippen LogP contribution in [0.4, 0.5) is 17.5 Å². The molecule has 276 valence electrons. The number of aromatic nitrogens is 3. The van der Waals surface area contributed by atoms with Crippen LogP contribution in [0.3, 0.4) is 0 Å². The Labute approximate surface area is 304 Å². The number of nitrogens with zero attached hydrogens (tertiary/aromatic N) is 6. The van der Waals surface area contributed by atoms with E-state index < -0.39 is 23.3 Å². The SMILES string of the molecule is Cc1nc(C)c([C@H](OC(C)(C)C)C(=O)O)c(N2CCC(C)(C)CC2)c1-c1ccc2c(c1)CCN(c1nccc(N3CCC(C(C)(C)O)CC3)n1)C2. The number of benzene rings is 1. The highest BCUT2D eigenvalue weighted by atomic mass is 16.5. The smallest absolute Gasteiger partial charge is 0.337 e. The Morgan fingerprint density at radius 3 is 2.22 bits per heavy atom. The van der Waals surface area contributed by atoms with Crippen molar-refractivity contribution in [3.8, 4) is 11.1 Å². The molecule has 2 aromatic heterocycles. The number of hydrogen-bond acceptors (Lipinski definition) is 9. The van der Waals surface area contributed by atoms with E-state index >= 15 is 0 Å². The van der Waals surface area contributed by atoms with E-state index in [-0.39, 0.29) is 5.41 Å². The predicted molar refractivity (Wildman–Crippen MR) is 204 cm³/mol. The summed E-state index contributed by atoms with van der Waals surface area (Å²) in [6.07, 6.45) is 5.49. The van der Waals surface area contributed by atoms with Crippen LogP contribution >= 0.6 is 0 Å². The zero-order chi connectivity index (χ0) is 36.9. The highest BCUT2D eigenvalue weighted by molar-refractivity contribution is 5.88. The summed E-state index contributed by atoms with van der Waals surface area (Å²) in [5.41, 5.74) is 6.68. The van der Waals surface area contributed by atoms with Gasteiger partial charge < -0.3 is 29.6 Å². The molecule has 0 radical (unpaired) electrons. The predicted octanol–water partition coefficient (Wildman–Crippen LogP) is 7.27. The molecule has 0 amide bonds. The minimum Gasteiger partial charge on any atom is -0.479 e. The van der Waals surface area contributed by atoms with E-state index in [0.717, 1.165) is 99.1 Å². The fraction of sp³-hybridized carbons (Fsp3) is 0.610. The lowest BCUT2D eigenvalue weighted by Crippen LogP contribution is -2.42. The van der Waals surface area contributed by atoms with Crippen molar-refractivity contribution in [2.24, 2.45) is 11.3 Å². The monoisotopic (exact) mass is 698 g/mol. The minimum absolute atomic E-state index is 0.233. The lowest BCUT2D eigenvalue weighted by atomic mass is 9.81. The quantitative estimate of drug-likeness (QED) is 0.249. The van der Waals surface area contributed by atoms with Gasteiger partial charge in [0.2, 0.25) is 5.95 Å². The fourth-order valence-corrected chi connectivity index (χ4v) is 8.12. The van der Waals surface area contributed by atoms with E-state index in [0.29, 0.717) is 23.7 Å². The van der Waals surface area contributed by atoms with Crippen LogP contribution in [0.1, 0.15) is 108 Å². The third-order valence-corrected chi connectivity index (χ3v) is 11.2. The van der Waals surface area contributed by atoms with E-state index in [2.05, 4.69) is 51.7 Å². The number of pyridine rings is 1. The van der Waals surface area contributed by atoms with Crippen molar-refractivity contribution in [1.29, 1.82) is 0 Å². The molecule has 1 atom stereocenters. The van der Waals surface area contributed by atoms with Crippen LogP contribution in [0.5, 0.6) is 0 Å². The molecule has 5 heterocycles. The van der Waals surface area contributed by atoms with Crippen LogP contribution in [0.25, 0.3) is 11.1 Å². The van der Waals surface area contributed by atoms with Crippen molar-refractivity contribution >= 4 is 23.4 Å². The van der Waals surface area contributed by atoms with Crippen molar-refractivity contribution in [3.05, 3.63) is 58.5 Å². The van der Waals surface area contributed by atoms with Gasteiger partial charge in [0, 0.05) is 68.0 Å². The first-order chi connectivity index (χ1) is 23.9. The molecule has 10 heteroatoms. The summed E-state index contributed by atoms with van der Waals surface area (Å²) in [6.45, 7) is 23.1. The van der Waals surface area contributed by atoms with Crippen molar-refractivity contribution in [2.75, 3.05) is 47.4 Å². The molecular weight excluding hydrogens is 640 g/mol. The van der Waals surface area contributed by atoms with Crippen LogP contribution in [0.15, 0.2) is 30.5 Å². The van der Waals surface area contributed by atoms with Crippen molar-refractivity contribution in [3.63, 3.8) is 0 Å². The molecule has 10 nitrogen and oxygen atoms in total. The molecular formula is C41H58N6O4. The number of aryl methyl sites for hydroxylation is 2. The number of carbonyl (C=O) groups is 1. The molecule has 51 heavy (non-hydrogen) atoms. The number of hydrogen-bond donors (Lipinski definition) is 2. The average molecular weight is 699 g/mol. The molecule has 2 N–H and O–H groups in total. The number of piperidine rings is 2. The second-order valence-corrected chi connectivity index (χ2v) is 17.3. The highest BCUT2D eigenvalue weighted by Gasteiger charge is 2.37. The normalized spacial score (nSPS) is 19.2. The van der Waals surface area contributed by atoms with Gasteiger partial charge >= 0.3 is 5.97 Å². The number of rotatable bonds is 8. The second-order valence-electron chi connectivity index (χ2n) is 17.3. The number of aliphatic carboxylic acids is 1. The van der Waals surface area contributed by atoms with Crippen LogP contribution in [0, 0.1) is 25.2 Å². The van der Waals surface area contributed by atoms with Crippen LogP contribution in [0.2, 0.25) is 0 Å². The molecule has 2 saturated heterocycles. The standard InChI is InChI=1S/C41H58N6O4/c1-26-33(35(46-22-16-40(6,7)17-23-46)34(27(2)43-26)36(37(48)49)51-39(3,4)5)29-10-11-30-25-47(19-13-28(30)24-29)38-42-18-12-32(44-38)45-20-14-31(15-21-45)41(8,9)50/h10-12,18,24,31,36,50H,13-17,19-23,25H2,1-9H3,(H,48,49)/t36-/m0/s1. The summed E-state index contributed by atoms with van der Waals surface area (Å²) in [5, 5.41) is 21.1. The van der Waals surface area contributed by atoms with Gasteiger partial charge in [0.15, 0.2) is 6.10 Å². The third-order valence-electron chi connectivity index (χ3n) is 11.2. The number of carboxylic acid groups (broad SMARTS) is 1. The summed E-state index contributed by atoms with van der Waals surface area (Å²) in [4.78, 5) is 34.5. The number of anilines is 3. The molecule has 1 aromatic carbocycles. The van der Waals surface area contributed by atoms with Crippen molar-refractivity contribution in [1.82, 2.24) is 15.0 Å². The van der Waals surface area contributed by atoms with Crippen molar-refractivity contribution < 1.29 is 19.7 Å². The summed E-state index contributed by atoms with van der Waals surface area (Å²) in [5.74, 6) is 0.975. The van der Waals surface area contributed by atoms with Crippen LogP contribution < -0.4 is 14.7 Å². The number of ether oxygens (including phenoxy) is 1. The summed E-state index contributed by atoms with van der Waals surface area (Å²) in [6, 6.07) is 8.67. The lowest BCUT2D eigenvalue weighted by molar-refractivity contribution is -0.160. The first-order valence-electron chi connectivity index (χ1n) is 18.7. The Morgan fingerprint density at radius 1 is 0.902 bits per heavy atom. The fourth-order valence-electron chi connectivity index (χ4n) is 8.12. The van der Waals surface area contributed by atoms with E-state index in [1.165, 1.54) is 11.1 Å². The Balaban J connectivity index is 1.32. The molecule has 3 aromatic rings. The van der Waals surface area contributed by atoms with Gasteiger partial charge in [-0.3, -0.25) is 4.98 Å². The largest absolute Gasteiger partial charge is 0.479 e. The van der Waals surface area contributed by atoms with Gasteiger partial charge in [-0.2, -0.15) is 4.98 Å². The summed E-state index contributed by atoms with van der Waals surface area (Å²) in [7, 11) is 0. The molecule has 0 saturated carbocycles. The molecule has 3 aliphatic rings. The topological polar surface area (TPSA) is 115 Å². The molecule has 2 fully saturated rings. The van der Waals surface area contributed by atoms with Gasteiger partial charge in [0.05, 0.1) is 16.9 Å². The molecule has 0 spiro atoms. The highest BCUT2D eigenvalue weighted by Crippen LogP contribution is 2.45. The average Bonchev–Trinajstić information content (AvgIpc) is 3.06.